The second-order valence-corrected chi connectivity index (χ2v) is 3.27. The highest BCUT2D eigenvalue weighted by molar-refractivity contribution is 5.45. The fourth-order valence-electron chi connectivity index (χ4n) is 1.34. The maximum atomic E-state index is 4.28. The number of fused-ring (bicyclic) bond motifs is 1. The summed E-state index contributed by atoms with van der Waals surface area (Å²) in [5.74, 6) is 0. The molecule has 0 radical (unpaired) electrons. The Bertz CT molecular complexity index is 427. The lowest BCUT2D eigenvalue weighted by atomic mass is 10.2. The Morgan fingerprint density at radius 3 is 2.67 bits per heavy atom. The van der Waals surface area contributed by atoms with Gasteiger partial charge in [-0.3, -0.25) is 0 Å². The molecule has 12 heavy (non-hydrogen) atoms. The van der Waals surface area contributed by atoms with Crippen molar-refractivity contribution in [3.63, 3.8) is 0 Å². The molecule has 0 saturated carbocycles. The van der Waals surface area contributed by atoms with Crippen LogP contribution in [0.2, 0.25) is 0 Å². The van der Waals surface area contributed by atoms with Crippen LogP contribution in [0.15, 0.2) is 18.5 Å². The molecule has 0 aliphatic heterocycles. The molecule has 2 rings (SSSR count). The second kappa shape index (κ2) is 2.34. The molecule has 0 N–H and O–H groups in total. The van der Waals surface area contributed by atoms with Crippen LogP contribution in [0, 0.1) is 20.8 Å². The van der Waals surface area contributed by atoms with Crippen molar-refractivity contribution in [1.29, 1.82) is 0 Å². The van der Waals surface area contributed by atoms with Crippen LogP contribution in [0.4, 0.5) is 0 Å². The molecule has 0 unspecified atom stereocenters. The van der Waals surface area contributed by atoms with Gasteiger partial charge in [0.15, 0.2) is 0 Å². The van der Waals surface area contributed by atoms with Crippen molar-refractivity contribution >= 4 is 5.65 Å². The molecule has 0 spiro atoms. The number of pyridine rings is 1. The van der Waals surface area contributed by atoms with Gasteiger partial charge in [-0.15, -0.1) is 0 Å². The number of hydrogen-bond donors (Lipinski definition) is 0. The van der Waals surface area contributed by atoms with Crippen molar-refractivity contribution < 1.29 is 0 Å². The lowest BCUT2D eigenvalue weighted by Crippen LogP contribution is -1.90. The summed E-state index contributed by atoms with van der Waals surface area (Å²) in [5.41, 5.74) is 4.83. The minimum atomic E-state index is 1.04. The molecule has 2 nitrogen and oxygen atoms in total. The Morgan fingerprint density at radius 1 is 1.17 bits per heavy atom. The highest BCUT2D eigenvalue weighted by Gasteiger charge is 2.00. The van der Waals surface area contributed by atoms with E-state index in [1.807, 2.05) is 6.20 Å². The van der Waals surface area contributed by atoms with E-state index in [9.17, 15) is 0 Å². The second-order valence-electron chi connectivity index (χ2n) is 3.27. The summed E-state index contributed by atoms with van der Waals surface area (Å²) in [6, 6.07) is 2.11. The Hall–Kier alpha value is -1.31. The first-order chi connectivity index (χ1) is 5.68. The molecule has 0 aromatic carbocycles. The van der Waals surface area contributed by atoms with E-state index in [1.54, 1.807) is 0 Å². The summed E-state index contributed by atoms with van der Waals surface area (Å²) in [5, 5.41) is 0. The summed E-state index contributed by atoms with van der Waals surface area (Å²) >= 11 is 0. The summed E-state index contributed by atoms with van der Waals surface area (Å²) in [6.45, 7) is 6.29. The molecule has 2 aromatic rings. The predicted octanol–water partition coefficient (Wildman–Crippen LogP) is 2.26. The van der Waals surface area contributed by atoms with Crippen molar-refractivity contribution in [1.82, 2.24) is 9.38 Å². The lowest BCUT2D eigenvalue weighted by Gasteiger charge is -2.01. The van der Waals surface area contributed by atoms with Gasteiger partial charge in [0.25, 0.3) is 0 Å². The molecule has 0 saturated heterocycles. The van der Waals surface area contributed by atoms with E-state index in [0.29, 0.717) is 0 Å². The largest absolute Gasteiger partial charge is 0.304 e. The zero-order chi connectivity index (χ0) is 8.72. The molecule has 62 valence electrons. The maximum absolute atomic E-state index is 4.28. The van der Waals surface area contributed by atoms with E-state index >= 15 is 0 Å². The van der Waals surface area contributed by atoms with E-state index in [1.165, 1.54) is 16.8 Å². The standard InChI is InChI=1S/C10H12N2/c1-7-4-10-11-5-9(3)12(10)6-8(7)2/h4-6H,1-3H3. The van der Waals surface area contributed by atoms with Crippen LogP contribution < -0.4 is 0 Å². The third kappa shape index (κ3) is 0.916. The van der Waals surface area contributed by atoms with Crippen molar-refractivity contribution in [2.45, 2.75) is 20.8 Å². The van der Waals surface area contributed by atoms with E-state index in [2.05, 4.69) is 42.4 Å². The van der Waals surface area contributed by atoms with Gasteiger partial charge in [0.05, 0.1) is 0 Å². The van der Waals surface area contributed by atoms with Crippen molar-refractivity contribution in [3.05, 3.63) is 35.3 Å². The van der Waals surface area contributed by atoms with Gasteiger partial charge in [0, 0.05) is 18.1 Å². The number of hydrogen-bond acceptors (Lipinski definition) is 1. The first kappa shape index (κ1) is 7.35. The summed E-state index contributed by atoms with van der Waals surface area (Å²) < 4.78 is 2.11. The van der Waals surface area contributed by atoms with Gasteiger partial charge in [-0.2, -0.15) is 0 Å². The van der Waals surface area contributed by atoms with E-state index in [4.69, 9.17) is 0 Å². The fourth-order valence-corrected chi connectivity index (χ4v) is 1.34. The summed E-state index contributed by atoms with van der Waals surface area (Å²) in [4.78, 5) is 4.28. The van der Waals surface area contributed by atoms with Gasteiger partial charge in [0.1, 0.15) is 5.65 Å². The smallest absolute Gasteiger partial charge is 0.137 e. The lowest BCUT2D eigenvalue weighted by molar-refractivity contribution is 1.08. The minimum absolute atomic E-state index is 1.04. The van der Waals surface area contributed by atoms with Gasteiger partial charge in [-0.25, -0.2) is 4.98 Å². The molecular weight excluding hydrogens is 148 g/mol. The Labute approximate surface area is 71.9 Å². The van der Waals surface area contributed by atoms with Crippen LogP contribution in [0.25, 0.3) is 5.65 Å². The predicted molar refractivity (Wildman–Crippen MR) is 49.4 cm³/mol. The van der Waals surface area contributed by atoms with E-state index in [-0.39, 0.29) is 0 Å². The normalized spacial score (nSPS) is 10.9. The topological polar surface area (TPSA) is 17.3 Å². The average Bonchev–Trinajstić information content (AvgIpc) is 2.35. The van der Waals surface area contributed by atoms with Crippen LogP contribution in [0.3, 0.4) is 0 Å². The zero-order valence-corrected chi connectivity index (χ0v) is 7.63. The maximum Gasteiger partial charge on any atom is 0.137 e. The molecule has 0 aliphatic rings. The van der Waals surface area contributed by atoms with Crippen LogP contribution in [-0.4, -0.2) is 9.38 Å². The molecule has 0 bridgehead atoms. The highest BCUT2D eigenvalue weighted by Crippen LogP contribution is 2.11. The first-order valence-electron chi connectivity index (χ1n) is 4.09. The molecule has 2 heteroatoms. The van der Waals surface area contributed by atoms with Gasteiger partial charge in [-0.05, 0) is 38.0 Å². The number of aromatic nitrogens is 2. The SMILES string of the molecule is Cc1cc2ncc(C)n2cc1C. The van der Waals surface area contributed by atoms with Crippen LogP contribution in [-0.2, 0) is 0 Å². The van der Waals surface area contributed by atoms with Crippen molar-refractivity contribution in [2.24, 2.45) is 0 Å². The van der Waals surface area contributed by atoms with Crippen molar-refractivity contribution in [2.75, 3.05) is 0 Å². The molecule has 2 heterocycles. The number of imidazole rings is 1. The van der Waals surface area contributed by atoms with Gasteiger partial charge in [-0.1, -0.05) is 0 Å². The number of rotatable bonds is 0. The van der Waals surface area contributed by atoms with Crippen LogP contribution in [0.5, 0.6) is 0 Å². The Kier molecular flexibility index (Phi) is 1.43. The molecule has 0 aliphatic carbocycles. The molecule has 2 aromatic heterocycles. The van der Waals surface area contributed by atoms with Crippen molar-refractivity contribution in [3.8, 4) is 0 Å². The summed E-state index contributed by atoms with van der Waals surface area (Å²) in [7, 11) is 0. The van der Waals surface area contributed by atoms with E-state index < -0.39 is 0 Å². The molecule has 0 amide bonds. The van der Waals surface area contributed by atoms with Gasteiger partial charge < -0.3 is 4.40 Å². The molecular formula is C10H12N2. The summed E-state index contributed by atoms with van der Waals surface area (Å²) in [6.07, 6.45) is 4.03. The fraction of sp³-hybridized carbons (Fsp3) is 0.300. The zero-order valence-electron chi connectivity index (χ0n) is 7.63. The number of aryl methyl sites for hydroxylation is 3. The highest BCUT2D eigenvalue weighted by atomic mass is 15.0. The minimum Gasteiger partial charge on any atom is -0.304 e. The monoisotopic (exact) mass is 160 g/mol. The Morgan fingerprint density at radius 2 is 1.92 bits per heavy atom. The first-order valence-corrected chi connectivity index (χ1v) is 4.09. The van der Waals surface area contributed by atoms with Gasteiger partial charge >= 0.3 is 0 Å². The van der Waals surface area contributed by atoms with Crippen LogP contribution in [0.1, 0.15) is 16.8 Å². The third-order valence-electron chi connectivity index (χ3n) is 2.30. The molecule has 0 fully saturated rings. The van der Waals surface area contributed by atoms with Crippen LogP contribution >= 0.6 is 0 Å². The van der Waals surface area contributed by atoms with E-state index in [0.717, 1.165) is 5.65 Å². The molecule has 0 atom stereocenters. The Balaban J connectivity index is 2.87. The quantitative estimate of drug-likeness (QED) is 0.577. The number of nitrogens with zero attached hydrogens (tertiary/aromatic N) is 2. The van der Waals surface area contributed by atoms with Gasteiger partial charge in [0.2, 0.25) is 0 Å². The third-order valence-corrected chi connectivity index (χ3v) is 2.30. The average molecular weight is 160 g/mol.